The Labute approximate surface area is 223 Å². The molecule has 184 valence electrons. The number of hydrazone groups is 1. The summed E-state index contributed by atoms with van der Waals surface area (Å²) in [5.74, 6) is -0.397. The lowest BCUT2D eigenvalue weighted by molar-refractivity contribution is -0.123. The van der Waals surface area contributed by atoms with Crippen molar-refractivity contribution in [1.82, 2.24) is 10.7 Å². The van der Waals surface area contributed by atoms with Crippen LogP contribution >= 0.6 is 27.5 Å². The smallest absolute Gasteiger partial charge is 0.262 e. The van der Waals surface area contributed by atoms with Crippen LogP contribution in [-0.2, 0) is 11.4 Å². The first kappa shape index (κ1) is 26.9. The van der Waals surface area contributed by atoms with Crippen molar-refractivity contribution >= 4 is 45.6 Å². The van der Waals surface area contributed by atoms with Gasteiger partial charge in [-0.3, -0.25) is 9.59 Å². The van der Waals surface area contributed by atoms with Gasteiger partial charge in [0.15, 0.2) is 0 Å². The van der Waals surface area contributed by atoms with Gasteiger partial charge in [-0.2, -0.15) is 10.4 Å². The lowest BCUT2D eigenvalue weighted by Gasteiger charge is -2.20. The second-order valence-corrected chi connectivity index (χ2v) is 9.48. The quantitative estimate of drug-likeness (QED) is 0.265. The number of ether oxygens (including phenoxy) is 1. The molecule has 0 aliphatic carbocycles. The first-order chi connectivity index (χ1) is 17.3. The van der Waals surface area contributed by atoms with E-state index in [4.69, 9.17) is 16.3 Å². The Balaban J connectivity index is 1.59. The van der Waals surface area contributed by atoms with Crippen LogP contribution in [0, 0.1) is 17.2 Å². The summed E-state index contributed by atoms with van der Waals surface area (Å²) in [5, 5.41) is 16.4. The molecular weight excluding hydrogens is 544 g/mol. The number of halogens is 2. The highest BCUT2D eigenvalue weighted by Crippen LogP contribution is 2.26. The second-order valence-electron chi connectivity index (χ2n) is 8.19. The molecule has 0 fully saturated rings. The fourth-order valence-electron chi connectivity index (χ4n) is 3.25. The molecule has 0 radical (unpaired) electrons. The van der Waals surface area contributed by atoms with Gasteiger partial charge in [0.1, 0.15) is 18.4 Å². The van der Waals surface area contributed by atoms with Gasteiger partial charge in [0, 0.05) is 16.1 Å². The van der Waals surface area contributed by atoms with Gasteiger partial charge < -0.3 is 10.1 Å². The number of rotatable bonds is 9. The molecule has 3 rings (SSSR count). The lowest BCUT2D eigenvalue weighted by atomic mass is 10.0. The zero-order chi connectivity index (χ0) is 26.1. The van der Waals surface area contributed by atoms with Crippen molar-refractivity contribution in [3.63, 3.8) is 0 Å². The van der Waals surface area contributed by atoms with Crippen molar-refractivity contribution < 1.29 is 14.3 Å². The van der Waals surface area contributed by atoms with E-state index < -0.39 is 17.9 Å². The Bertz CT molecular complexity index is 1320. The monoisotopic (exact) mass is 566 g/mol. The molecule has 9 heteroatoms. The molecule has 0 saturated heterocycles. The maximum absolute atomic E-state index is 12.7. The van der Waals surface area contributed by atoms with Gasteiger partial charge >= 0.3 is 0 Å². The minimum absolute atomic E-state index is 0.167. The number of hydrogen-bond donors (Lipinski definition) is 2. The molecule has 0 aromatic heterocycles. The van der Waals surface area contributed by atoms with Gasteiger partial charge in [-0.25, -0.2) is 5.43 Å². The van der Waals surface area contributed by atoms with Crippen LogP contribution in [0.2, 0.25) is 5.02 Å². The van der Waals surface area contributed by atoms with Crippen molar-refractivity contribution in [2.45, 2.75) is 26.5 Å². The number of nitrogens with one attached hydrogen (secondary N) is 2. The standard InChI is InChI=1S/C27H24BrClN4O3/c1-17(2)25(32-26(34)19-8-5-9-22(29)13-19)27(35)33-31-15-18-10-11-24(23(28)12-18)36-16-21-7-4-3-6-20(21)14-30/h3-13,15,17,25H,16H2,1-2H3,(H,32,34)(H,33,35). The van der Waals surface area contributed by atoms with E-state index in [-0.39, 0.29) is 12.5 Å². The average molecular weight is 568 g/mol. The highest BCUT2D eigenvalue weighted by Gasteiger charge is 2.24. The first-order valence-corrected chi connectivity index (χ1v) is 12.2. The van der Waals surface area contributed by atoms with E-state index in [1.54, 1.807) is 42.5 Å². The molecule has 3 aromatic rings. The molecule has 1 atom stereocenters. The summed E-state index contributed by atoms with van der Waals surface area (Å²) in [4.78, 5) is 25.2. The third-order valence-corrected chi connectivity index (χ3v) is 6.04. The van der Waals surface area contributed by atoms with Crippen LogP contribution in [0.25, 0.3) is 0 Å². The van der Waals surface area contributed by atoms with Crippen molar-refractivity contribution in [1.29, 1.82) is 5.26 Å². The van der Waals surface area contributed by atoms with Gasteiger partial charge in [-0.05, 0) is 69.9 Å². The van der Waals surface area contributed by atoms with E-state index in [9.17, 15) is 14.9 Å². The zero-order valence-corrected chi connectivity index (χ0v) is 22.0. The van der Waals surface area contributed by atoms with E-state index in [0.717, 1.165) is 11.1 Å². The van der Waals surface area contributed by atoms with E-state index >= 15 is 0 Å². The van der Waals surface area contributed by atoms with Crippen LogP contribution in [0.15, 0.2) is 76.3 Å². The normalized spacial score (nSPS) is 11.7. The molecule has 0 heterocycles. The van der Waals surface area contributed by atoms with Crippen molar-refractivity contribution in [3.8, 4) is 11.8 Å². The number of nitriles is 1. The summed E-state index contributed by atoms with van der Waals surface area (Å²) in [5.41, 5.74) is 4.93. The highest BCUT2D eigenvalue weighted by atomic mass is 79.9. The Hall–Kier alpha value is -3.67. The van der Waals surface area contributed by atoms with E-state index in [2.05, 4.69) is 37.8 Å². The summed E-state index contributed by atoms with van der Waals surface area (Å²) >= 11 is 9.43. The number of carbonyl (C=O) groups is 2. The summed E-state index contributed by atoms with van der Waals surface area (Å²) in [7, 11) is 0. The molecule has 0 bridgehead atoms. The Kier molecular flexibility index (Phi) is 9.62. The van der Waals surface area contributed by atoms with Crippen LogP contribution in [0.3, 0.4) is 0 Å². The number of carbonyl (C=O) groups excluding carboxylic acids is 2. The average Bonchev–Trinajstić information content (AvgIpc) is 2.86. The van der Waals surface area contributed by atoms with E-state index in [0.29, 0.717) is 26.4 Å². The Morgan fingerprint density at radius 2 is 1.92 bits per heavy atom. The first-order valence-electron chi connectivity index (χ1n) is 11.1. The molecule has 2 N–H and O–H groups in total. The van der Waals surface area contributed by atoms with Crippen molar-refractivity contribution in [2.24, 2.45) is 11.0 Å². The molecular formula is C27H24BrClN4O3. The number of benzene rings is 3. The van der Waals surface area contributed by atoms with Gasteiger partial charge in [-0.15, -0.1) is 0 Å². The third-order valence-electron chi connectivity index (χ3n) is 5.19. The van der Waals surface area contributed by atoms with Gasteiger partial charge in [0.05, 0.1) is 22.3 Å². The van der Waals surface area contributed by atoms with E-state index in [1.165, 1.54) is 12.3 Å². The lowest BCUT2D eigenvalue weighted by Crippen LogP contribution is -2.48. The fraction of sp³-hybridized carbons (Fsp3) is 0.185. The Morgan fingerprint density at radius 1 is 1.14 bits per heavy atom. The number of hydrogen-bond acceptors (Lipinski definition) is 5. The van der Waals surface area contributed by atoms with Crippen LogP contribution < -0.4 is 15.5 Å². The summed E-state index contributed by atoms with van der Waals surface area (Å²) in [6.07, 6.45) is 1.49. The summed E-state index contributed by atoms with van der Waals surface area (Å²) < 4.78 is 6.54. The van der Waals surface area contributed by atoms with Gasteiger partial charge in [0.2, 0.25) is 0 Å². The summed E-state index contributed by atoms with van der Waals surface area (Å²) in [6, 6.07) is 20.5. The molecule has 36 heavy (non-hydrogen) atoms. The molecule has 3 aromatic carbocycles. The van der Waals surface area contributed by atoms with Crippen LogP contribution in [0.1, 0.15) is 40.9 Å². The van der Waals surface area contributed by atoms with E-state index in [1.807, 2.05) is 32.0 Å². The number of nitrogens with zero attached hydrogens (tertiary/aromatic N) is 2. The molecule has 0 saturated carbocycles. The molecule has 0 spiro atoms. The van der Waals surface area contributed by atoms with Crippen LogP contribution in [0.4, 0.5) is 0 Å². The maximum atomic E-state index is 12.7. The largest absolute Gasteiger partial charge is 0.488 e. The highest BCUT2D eigenvalue weighted by molar-refractivity contribution is 9.10. The molecule has 2 amide bonds. The molecule has 1 unspecified atom stereocenters. The fourth-order valence-corrected chi connectivity index (χ4v) is 3.96. The minimum atomic E-state index is -0.785. The van der Waals surface area contributed by atoms with Gasteiger partial charge in [0.25, 0.3) is 11.8 Å². The van der Waals surface area contributed by atoms with Gasteiger partial charge in [-0.1, -0.05) is 49.7 Å². The maximum Gasteiger partial charge on any atom is 0.262 e. The molecule has 0 aliphatic rings. The molecule has 7 nitrogen and oxygen atoms in total. The number of amides is 2. The predicted molar refractivity (Wildman–Crippen MR) is 143 cm³/mol. The Morgan fingerprint density at radius 3 is 2.61 bits per heavy atom. The zero-order valence-electron chi connectivity index (χ0n) is 19.7. The SMILES string of the molecule is CC(C)C(NC(=O)c1cccc(Cl)c1)C(=O)NN=Cc1ccc(OCc2ccccc2C#N)c(Br)c1. The van der Waals surface area contributed by atoms with Crippen molar-refractivity contribution in [3.05, 3.63) is 98.5 Å². The summed E-state index contributed by atoms with van der Waals surface area (Å²) in [6.45, 7) is 3.91. The van der Waals surface area contributed by atoms with Crippen molar-refractivity contribution in [2.75, 3.05) is 0 Å². The van der Waals surface area contributed by atoms with Crippen LogP contribution in [0.5, 0.6) is 5.75 Å². The second kappa shape index (κ2) is 12.9. The van der Waals surface area contributed by atoms with Crippen LogP contribution in [-0.4, -0.2) is 24.1 Å². The predicted octanol–water partition coefficient (Wildman–Crippen LogP) is 5.46. The topological polar surface area (TPSA) is 104 Å². The third kappa shape index (κ3) is 7.41. The minimum Gasteiger partial charge on any atom is -0.488 e. The molecule has 0 aliphatic heterocycles.